The summed E-state index contributed by atoms with van der Waals surface area (Å²) < 4.78 is 42.6. The number of aromatic nitrogens is 1. The molecule has 4 atom stereocenters. The molecule has 0 radical (unpaired) electrons. The predicted octanol–water partition coefficient (Wildman–Crippen LogP) is 6.53. The lowest BCUT2D eigenvalue weighted by atomic mass is 10.0. The number of carbonyl (C=O) groups excluding carboxylic acids is 2. The van der Waals surface area contributed by atoms with Crippen LogP contribution in [0.4, 0.5) is 8.78 Å². The van der Waals surface area contributed by atoms with E-state index >= 15 is 0 Å². The molecule has 3 saturated carbocycles. The molecular weight excluding hydrogens is 564 g/mol. The predicted molar refractivity (Wildman–Crippen MR) is 152 cm³/mol. The summed E-state index contributed by atoms with van der Waals surface area (Å²) in [6, 6.07) is 13.0. The van der Waals surface area contributed by atoms with Crippen molar-refractivity contribution in [2.75, 3.05) is 14.2 Å². The molecule has 3 aliphatic carbocycles. The number of esters is 2. The van der Waals surface area contributed by atoms with E-state index in [0.717, 1.165) is 21.7 Å². The first kappa shape index (κ1) is 29.8. The smallest absolute Gasteiger partial charge is 0.309 e. The summed E-state index contributed by atoms with van der Waals surface area (Å²) in [5, 5.41) is 10.6. The van der Waals surface area contributed by atoms with Gasteiger partial charge in [0.1, 0.15) is 11.6 Å². The van der Waals surface area contributed by atoms with E-state index in [1.807, 2.05) is 18.2 Å². The number of methoxy groups -OCH3 is 2. The van der Waals surface area contributed by atoms with Gasteiger partial charge in [0.05, 0.1) is 26.1 Å². The number of hydrogen-bond acceptors (Lipinski definition) is 8. The third kappa shape index (κ3) is 7.03. The average molecular weight is 598 g/mol. The van der Waals surface area contributed by atoms with Crippen molar-refractivity contribution >= 4 is 23.7 Å². The van der Waals surface area contributed by atoms with Crippen LogP contribution in [0.2, 0.25) is 0 Å². The Morgan fingerprint density at radius 3 is 2.10 bits per heavy atom. The monoisotopic (exact) mass is 597 g/mol. The van der Waals surface area contributed by atoms with E-state index in [-0.39, 0.29) is 53.7 Å². The van der Waals surface area contributed by atoms with Crippen molar-refractivity contribution in [3.63, 3.8) is 0 Å². The minimum Gasteiger partial charge on any atom is -0.505 e. The topological polar surface area (TPSA) is 95.0 Å². The van der Waals surface area contributed by atoms with Crippen LogP contribution in [0.5, 0.6) is 11.5 Å². The van der Waals surface area contributed by atoms with Gasteiger partial charge in [-0.25, -0.2) is 13.8 Å². The molecule has 0 amide bonds. The second-order valence-electron chi connectivity index (χ2n) is 10.8. The molecule has 3 aliphatic rings. The summed E-state index contributed by atoms with van der Waals surface area (Å²) in [4.78, 5) is 27.2. The number of carbonyl (C=O) groups is 2. The zero-order valence-corrected chi connectivity index (χ0v) is 24.2. The maximum Gasteiger partial charge on any atom is 0.309 e. The highest BCUT2D eigenvalue weighted by atomic mass is 32.2. The van der Waals surface area contributed by atoms with Crippen molar-refractivity contribution in [2.45, 2.75) is 60.8 Å². The van der Waals surface area contributed by atoms with Crippen molar-refractivity contribution in [3.8, 4) is 11.5 Å². The zero-order valence-electron chi connectivity index (χ0n) is 23.4. The minimum atomic E-state index is -0.650. The second kappa shape index (κ2) is 13.1. The van der Waals surface area contributed by atoms with Gasteiger partial charge in [0, 0.05) is 17.0 Å². The maximum absolute atomic E-state index is 14.5. The Bertz CT molecular complexity index is 1450. The molecule has 3 aromatic rings. The van der Waals surface area contributed by atoms with E-state index in [2.05, 4.69) is 9.72 Å². The lowest BCUT2D eigenvalue weighted by Crippen LogP contribution is -2.14. The summed E-state index contributed by atoms with van der Waals surface area (Å²) in [5.74, 6) is -1.91. The summed E-state index contributed by atoms with van der Waals surface area (Å²) in [5.41, 5.74) is 2.53. The normalized spacial score (nSPS) is 22.2. The Hall–Kier alpha value is -3.66. The van der Waals surface area contributed by atoms with Crippen molar-refractivity contribution in [1.29, 1.82) is 0 Å². The quantitative estimate of drug-likeness (QED) is 0.278. The molecule has 2 aromatic carbocycles. The molecule has 7 nitrogen and oxygen atoms in total. The van der Waals surface area contributed by atoms with Crippen LogP contribution in [0.1, 0.15) is 60.6 Å². The molecule has 42 heavy (non-hydrogen) atoms. The van der Waals surface area contributed by atoms with Crippen LogP contribution in [0.3, 0.4) is 0 Å². The van der Waals surface area contributed by atoms with Crippen LogP contribution in [0.15, 0.2) is 59.8 Å². The molecule has 0 aliphatic heterocycles. The molecule has 222 valence electrons. The van der Waals surface area contributed by atoms with Gasteiger partial charge in [0.25, 0.3) is 0 Å². The molecule has 6 rings (SSSR count). The number of pyridine rings is 1. The van der Waals surface area contributed by atoms with Gasteiger partial charge in [-0.1, -0.05) is 24.6 Å². The van der Waals surface area contributed by atoms with Gasteiger partial charge in [-0.2, -0.15) is 0 Å². The van der Waals surface area contributed by atoms with Crippen LogP contribution in [0, 0.1) is 23.5 Å². The molecule has 0 spiro atoms. The second-order valence-corrected chi connectivity index (χ2v) is 12.1. The van der Waals surface area contributed by atoms with Crippen molar-refractivity contribution in [1.82, 2.24) is 4.98 Å². The number of phenolic OH excluding ortho intramolecular Hbond substituents is 1. The van der Waals surface area contributed by atoms with Crippen LogP contribution in [-0.4, -0.2) is 41.5 Å². The Kier molecular flexibility index (Phi) is 9.30. The fourth-order valence-electron chi connectivity index (χ4n) is 5.01. The molecule has 4 unspecified atom stereocenters. The number of phenols is 1. The molecule has 3 fully saturated rings. The van der Waals surface area contributed by atoms with Crippen molar-refractivity contribution in [3.05, 3.63) is 83.1 Å². The first-order valence-electron chi connectivity index (χ1n) is 14.0. The largest absolute Gasteiger partial charge is 0.505 e. The number of rotatable bonds is 9. The summed E-state index contributed by atoms with van der Waals surface area (Å²) in [7, 11) is 2.72. The number of nitrogens with zero attached hydrogens (tertiary/aromatic N) is 1. The van der Waals surface area contributed by atoms with Crippen LogP contribution >= 0.6 is 11.8 Å². The number of ether oxygens (including phenoxy) is 3. The van der Waals surface area contributed by atoms with Gasteiger partial charge in [0.2, 0.25) is 0 Å². The highest BCUT2D eigenvalue weighted by Crippen LogP contribution is 2.49. The average Bonchev–Trinajstić information content (AvgIpc) is 3.90. The first-order valence-corrected chi connectivity index (χ1v) is 14.8. The highest BCUT2D eigenvalue weighted by Gasteiger charge is 2.46. The third-order valence-corrected chi connectivity index (χ3v) is 9.33. The molecule has 10 heteroatoms. The van der Waals surface area contributed by atoms with Crippen molar-refractivity contribution < 1.29 is 37.7 Å². The van der Waals surface area contributed by atoms with Gasteiger partial charge in [0.15, 0.2) is 23.1 Å². The van der Waals surface area contributed by atoms with Gasteiger partial charge in [-0.15, -0.1) is 11.8 Å². The van der Waals surface area contributed by atoms with E-state index in [0.29, 0.717) is 18.1 Å². The van der Waals surface area contributed by atoms with E-state index in [1.165, 1.54) is 51.7 Å². The number of aromatic hydroxyl groups is 1. The molecular formula is C32H33F2NO6S. The first-order chi connectivity index (χ1) is 20.3. The summed E-state index contributed by atoms with van der Waals surface area (Å²) in [6.45, 7) is 0.285. The van der Waals surface area contributed by atoms with Crippen molar-refractivity contribution in [2.24, 2.45) is 11.8 Å². The van der Waals surface area contributed by atoms with Crippen LogP contribution in [-0.2, 0) is 25.7 Å². The standard InChI is InChI=1S/C21H22FNO3S.C11H11FO3/c1-25-21(24)17-11-16(17)13-7-8-19(18(22)10-13)26-12-14-4-3-9-23-20(14)27-15-5-2-6-15;1-15-11(14)8-5-7(8)6-2-3-10(13)9(12)4-6/h3-4,7-10,15-17H,2,5-6,11-12H2,1H3;2-4,7-8,13H,5H2,1H3. The summed E-state index contributed by atoms with van der Waals surface area (Å²) >= 11 is 1.79. The Labute approximate surface area is 247 Å². The van der Waals surface area contributed by atoms with E-state index in [4.69, 9.17) is 14.6 Å². The van der Waals surface area contributed by atoms with Gasteiger partial charge >= 0.3 is 11.9 Å². The SMILES string of the molecule is COC(=O)C1CC1c1ccc(O)c(F)c1.COC(=O)C1CC1c1ccc(OCc2cccnc2SC2CCC2)c(F)c1. The van der Waals surface area contributed by atoms with E-state index in [9.17, 15) is 18.4 Å². The molecule has 0 bridgehead atoms. The molecule has 1 N–H and O–H groups in total. The fourth-order valence-corrected chi connectivity index (χ4v) is 6.30. The summed E-state index contributed by atoms with van der Waals surface area (Å²) in [6.07, 6.45) is 6.93. The van der Waals surface area contributed by atoms with E-state index < -0.39 is 11.6 Å². The Morgan fingerprint density at radius 2 is 1.55 bits per heavy atom. The van der Waals surface area contributed by atoms with Gasteiger partial charge in [-0.05, 0) is 79.0 Å². The highest BCUT2D eigenvalue weighted by molar-refractivity contribution is 8.00. The van der Waals surface area contributed by atoms with Crippen LogP contribution in [0.25, 0.3) is 0 Å². The van der Waals surface area contributed by atoms with Crippen LogP contribution < -0.4 is 4.74 Å². The van der Waals surface area contributed by atoms with Gasteiger partial charge in [-0.3, -0.25) is 9.59 Å². The number of hydrogen-bond donors (Lipinski definition) is 1. The Balaban J connectivity index is 0.000000199. The maximum atomic E-state index is 14.5. The fraction of sp³-hybridized carbons (Fsp3) is 0.406. The minimum absolute atomic E-state index is 0.0348. The lowest BCUT2D eigenvalue weighted by molar-refractivity contribution is -0.143. The molecule has 0 saturated heterocycles. The Morgan fingerprint density at radius 1 is 0.929 bits per heavy atom. The third-order valence-electron chi connectivity index (χ3n) is 7.94. The molecule has 1 heterocycles. The molecule has 1 aromatic heterocycles. The number of benzene rings is 2. The van der Waals surface area contributed by atoms with Gasteiger partial charge < -0.3 is 19.3 Å². The number of thioether (sulfide) groups is 1. The van der Waals surface area contributed by atoms with E-state index in [1.54, 1.807) is 30.1 Å². The zero-order chi connectivity index (χ0) is 29.8. The lowest BCUT2D eigenvalue weighted by Gasteiger charge is -2.24. The number of halogens is 2.